The summed E-state index contributed by atoms with van der Waals surface area (Å²) in [5.41, 5.74) is 9.32. The van der Waals surface area contributed by atoms with E-state index >= 15 is 0 Å². The van der Waals surface area contributed by atoms with Crippen LogP contribution in [0.3, 0.4) is 0 Å². The third-order valence-electron chi connectivity index (χ3n) is 5.33. The summed E-state index contributed by atoms with van der Waals surface area (Å²) < 4.78 is 11.3. The van der Waals surface area contributed by atoms with E-state index in [1.165, 1.54) is 0 Å². The van der Waals surface area contributed by atoms with Gasteiger partial charge in [0, 0.05) is 0 Å². The quantitative estimate of drug-likeness (QED) is 0.501. The molecule has 1 atom stereocenters. The van der Waals surface area contributed by atoms with Crippen LogP contribution in [0.2, 0.25) is 0 Å². The Morgan fingerprint density at radius 3 is 2.27 bits per heavy atom. The third kappa shape index (κ3) is 2.75. The molecule has 0 spiro atoms. The van der Waals surface area contributed by atoms with Crippen LogP contribution in [0.25, 0.3) is 22.1 Å². The van der Waals surface area contributed by atoms with E-state index in [-0.39, 0.29) is 17.0 Å². The number of nitrogens with zero attached hydrogens (tertiary/aromatic N) is 1. The van der Waals surface area contributed by atoms with Gasteiger partial charge < -0.3 is 14.9 Å². The first-order chi connectivity index (χ1) is 14.7. The fraction of sp³-hybridized carbons (Fsp3) is 0.0400. The Hall–Kier alpha value is -4.30. The summed E-state index contributed by atoms with van der Waals surface area (Å²) in [6, 6.07) is 26.9. The Morgan fingerprint density at radius 1 is 0.867 bits per heavy atom. The van der Waals surface area contributed by atoms with Crippen molar-refractivity contribution in [3.63, 3.8) is 0 Å². The molecular formula is C25H16N2O3. The van der Waals surface area contributed by atoms with Gasteiger partial charge >= 0.3 is 5.63 Å². The summed E-state index contributed by atoms with van der Waals surface area (Å²) in [4.78, 5) is 12.9. The number of allylic oxidation sites excluding steroid dienone is 1. The number of benzene rings is 3. The summed E-state index contributed by atoms with van der Waals surface area (Å²) in [6.45, 7) is 0. The molecule has 0 unspecified atom stereocenters. The van der Waals surface area contributed by atoms with E-state index in [4.69, 9.17) is 14.9 Å². The Bertz CT molecular complexity index is 1390. The summed E-state index contributed by atoms with van der Waals surface area (Å²) >= 11 is 0. The second-order valence-corrected chi connectivity index (χ2v) is 7.04. The maximum Gasteiger partial charge on any atom is 0.344 e. The van der Waals surface area contributed by atoms with E-state index in [0.717, 1.165) is 16.7 Å². The van der Waals surface area contributed by atoms with Crippen molar-refractivity contribution in [2.45, 2.75) is 5.92 Å². The fourth-order valence-corrected chi connectivity index (χ4v) is 3.90. The van der Waals surface area contributed by atoms with Crippen molar-refractivity contribution in [3.8, 4) is 22.9 Å². The molecule has 5 heteroatoms. The standard InChI is InChI=1S/C25H16N2O3/c26-14-19-21(17-12-10-16(11-13-17)15-6-2-1-3-7-15)22-23(30-24(19)27)18-8-4-5-9-20(18)29-25(22)28/h1-13,21H,27H2/t21-/m1/s1. The molecule has 2 N–H and O–H groups in total. The minimum atomic E-state index is -0.663. The molecule has 0 saturated heterocycles. The predicted octanol–water partition coefficient (Wildman–Crippen LogP) is 4.68. The average molecular weight is 392 g/mol. The van der Waals surface area contributed by atoms with E-state index in [0.29, 0.717) is 16.7 Å². The highest BCUT2D eigenvalue weighted by atomic mass is 16.5. The minimum absolute atomic E-state index is 0.00195. The molecule has 0 bridgehead atoms. The highest BCUT2D eigenvalue weighted by Crippen LogP contribution is 2.43. The molecule has 1 aliphatic rings. The molecule has 1 aromatic heterocycles. The van der Waals surface area contributed by atoms with Gasteiger partial charge in [0.15, 0.2) is 5.75 Å². The molecule has 0 fully saturated rings. The van der Waals surface area contributed by atoms with Crippen molar-refractivity contribution in [2.75, 3.05) is 0 Å². The third-order valence-corrected chi connectivity index (χ3v) is 5.33. The minimum Gasteiger partial charge on any atom is -0.439 e. The first kappa shape index (κ1) is 17.8. The highest BCUT2D eigenvalue weighted by molar-refractivity contribution is 5.86. The number of hydrogen-bond donors (Lipinski definition) is 1. The molecule has 0 amide bonds. The van der Waals surface area contributed by atoms with Crippen molar-refractivity contribution in [3.05, 3.63) is 112 Å². The first-order valence-corrected chi connectivity index (χ1v) is 9.46. The lowest BCUT2D eigenvalue weighted by Crippen LogP contribution is -2.26. The fourth-order valence-electron chi connectivity index (χ4n) is 3.90. The van der Waals surface area contributed by atoms with Crippen LogP contribution in [-0.4, -0.2) is 0 Å². The predicted molar refractivity (Wildman–Crippen MR) is 114 cm³/mol. The molecule has 144 valence electrons. The van der Waals surface area contributed by atoms with Gasteiger partial charge in [0.05, 0.1) is 16.9 Å². The second kappa shape index (κ2) is 6.94. The van der Waals surface area contributed by atoms with E-state index in [2.05, 4.69) is 6.07 Å². The van der Waals surface area contributed by atoms with Gasteiger partial charge in [-0.1, -0.05) is 66.7 Å². The van der Waals surface area contributed by atoms with Crippen LogP contribution in [0.4, 0.5) is 0 Å². The lowest BCUT2D eigenvalue weighted by atomic mass is 9.83. The van der Waals surface area contributed by atoms with Gasteiger partial charge in [-0.25, -0.2) is 4.79 Å². The van der Waals surface area contributed by atoms with E-state index in [9.17, 15) is 10.1 Å². The summed E-state index contributed by atoms with van der Waals surface area (Å²) in [5, 5.41) is 10.4. The number of ether oxygens (including phenoxy) is 1. The zero-order valence-corrected chi connectivity index (χ0v) is 15.8. The van der Waals surface area contributed by atoms with E-state index in [1.54, 1.807) is 18.2 Å². The van der Waals surface area contributed by atoms with Crippen LogP contribution < -0.4 is 16.1 Å². The lowest BCUT2D eigenvalue weighted by molar-refractivity contribution is 0.388. The van der Waals surface area contributed by atoms with Gasteiger partial charge in [-0.3, -0.25) is 0 Å². The van der Waals surface area contributed by atoms with Gasteiger partial charge in [-0.05, 0) is 28.8 Å². The number of nitriles is 1. The van der Waals surface area contributed by atoms with Gasteiger partial charge in [0.25, 0.3) is 0 Å². The lowest BCUT2D eigenvalue weighted by Gasteiger charge is -2.26. The molecule has 0 saturated carbocycles. The zero-order chi connectivity index (χ0) is 20.7. The highest BCUT2D eigenvalue weighted by Gasteiger charge is 2.35. The topological polar surface area (TPSA) is 89.3 Å². The van der Waals surface area contributed by atoms with Crippen LogP contribution >= 0.6 is 0 Å². The van der Waals surface area contributed by atoms with Crippen LogP contribution in [-0.2, 0) is 0 Å². The second-order valence-electron chi connectivity index (χ2n) is 7.04. The average Bonchev–Trinajstić information content (AvgIpc) is 2.79. The normalized spacial score (nSPS) is 15.4. The maximum absolute atomic E-state index is 12.9. The van der Waals surface area contributed by atoms with Crippen molar-refractivity contribution >= 4 is 11.0 Å². The first-order valence-electron chi connectivity index (χ1n) is 9.46. The largest absolute Gasteiger partial charge is 0.439 e. The molecule has 0 aliphatic carbocycles. The molecule has 3 aromatic carbocycles. The summed E-state index contributed by atoms with van der Waals surface area (Å²) in [5.74, 6) is -0.321. The van der Waals surface area contributed by atoms with Gasteiger partial charge in [0.1, 0.15) is 17.2 Å². The maximum atomic E-state index is 12.9. The van der Waals surface area contributed by atoms with Crippen molar-refractivity contribution in [2.24, 2.45) is 5.73 Å². The Kier molecular flexibility index (Phi) is 4.11. The number of hydrogen-bond acceptors (Lipinski definition) is 5. The molecule has 5 rings (SSSR count). The van der Waals surface area contributed by atoms with E-state index in [1.807, 2.05) is 60.7 Å². The molecule has 4 aromatic rings. The Labute approximate surface area is 172 Å². The molecule has 1 aliphatic heterocycles. The van der Waals surface area contributed by atoms with Crippen LogP contribution in [0.5, 0.6) is 5.75 Å². The number of rotatable bonds is 2. The summed E-state index contributed by atoms with van der Waals surface area (Å²) in [6.07, 6.45) is 0. The molecule has 30 heavy (non-hydrogen) atoms. The molecule has 5 nitrogen and oxygen atoms in total. The smallest absolute Gasteiger partial charge is 0.344 e. The molecular weight excluding hydrogens is 376 g/mol. The SMILES string of the molecule is N#CC1=C(N)Oc2c(c(=O)oc3ccccc23)[C@@H]1c1ccc(-c2ccccc2)cc1. The van der Waals surface area contributed by atoms with Gasteiger partial charge in [-0.2, -0.15) is 5.26 Å². The molecule has 2 heterocycles. The van der Waals surface area contributed by atoms with Crippen LogP contribution in [0.15, 0.2) is 99.5 Å². The van der Waals surface area contributed by atoms with Crippen molar-refractivity contribution in [1.29, 1.82) is 5.26 Å². The molecule has 0 radical (unpaired) electrons. The number of fused-ring (bicyclic) bond motifs is 3. The van der Waals surface area contributed by atoms with Crippen molar-refractivity contribution in [1.82, 2.24) is 0 Å². The zero-order valence-electron chi connectivity index (χ0n) is 15.8. The number of nitrogens with two attached hydrogens (primary N) is 1. The van der Waals surface area contributed by atoms with Crippen LogP contribution in [0.1, 0.15) is 17.0 Å². The summed E-state index contributed by atoms with van der Waals surface area (Å²) in [7, 11) is 0. The van der Waals surface area contributed by atoms with Crippen molar-refractivity contribution < 1.29 is 9.15 Å². The van der Waals surface area contributed by atoms with Crippen LogP contribution in [0, 0.1) is 11.3 Å². The van der Waals surface area contributed by atoms with Gasteiger partial charge in [0.2, 0.25) is 5.88 Å². The van der Waals surface area contributed by atoms with Gasteiger partial charge in [-0.15, -0.1) is 0 Å². The Morgan fingerprint density at radius 2 is 1.53 bits per heavy atom. The Balaban J connectivity index is 1.71. The monoisotopic (exact) mass is 392 g/mol. The van der Waals surface area contributed by atoms with E-state index < -0.39 is 11.5 Å². The number of para-hydroxylation sites is 1.